The molecule has 1 aromatic carbocycles. The van der Waals surface area contributed by atoms with Crippen LogP contribution in [0.3, 0.4) is 0 Å². The molecule has 0 spiro atoms. The quantitative estimate of drug-likeness (QED) is 0.800. The van der Waals surface area contributed by atoms with E-state index in [-0.39, 0.29) is 12.1 Å². The molecule has 1 heterocycles. The predicted molar refractivity (Wildman–Crippen MR) is 66.3 cm³/mol. The maximum absolute atomic E-state index is 11.9. The molecule has 1 aromatic rings. The van der Waals surface area contributed by atoms with Gasteiger partial charge in [-0.2, -0.15) is 0 Å². The first-order chi connectivity index (χ1) is 8.31. The van der Waals surface area contributed by atoms with E-state index in [1.165, 1.54) is 0 Å². The number of ether oxygens (including phenoxy) is 1. The fraction of sp³-hybridized carbons (Fsp3) is 0.500. The summed E-state index contributed by atoms with van der Waals surface area (Å²) in [5, 5.41) is 0. The number of amides is 1. The molecule has 0 N–H and O–H groups in total. The third kappa shape index (κ3) is 3.07. The molecular weight excluding hydrogens is 214 g/mol. The van der Waals surface area contributed by atoms with E-state index >= 15 is 0 Å². The molecule has 1 atom stereocenters. The number of hydrogen-bond donors (Lipinski definition) is 0. The predicted octanol–water partition coefficient (Wildman–Crippen LogP) is 2.56. The first kappa shape index (κ1) is 12.1. The largest absolute Gasteiger partial charge is 0.359 e. The van der Waals surface area contributed by atoms with E-state index in [0.717, 1.165) is 18.4 Å². The van der Waals surface area contributed by atoms with E-state index in [2.05, 4.69) is 0 Å². The Morgan fingerprint density at radius 2 is 2.12 bits per heavy atom. The van der Waals surface area contributed by atoms with Crippen molar-refractivity contribution in [3.05, 3.63) is 35.9 Å². The van der Waals surface area contributed by atoms with E-state index < -0.39 is 0 Å². The van der Waals surface area contributed by atoms with E-state index in [1.807, 2.05) is 42.2 Å². The van der Waals surface area contributed by atoms with Crippen LogP contribution in [0.4, 0.5) is 0 Å². The molecule has 1 aliphatic rings. The average Bonchev–Trinajstić information content (AvgIpc) is 2.35. The van der Waals surface area contributed by atoms with Gasteiger partial charge in [0.25, 0.3) is 0 Å². The van der Waals surface area contributed by atoms with Gasteiger partial charge in [-0.1, -0.05) is 30.3 Å². The van der Waals surface area contributed by atoms with Gasteiger partial charge in [0.2, 0.25) is 5.91 Å². The molecule has 1 saturated heterocycles. The summed E-state index contributed by atoms with van der Waals surface area (Å²) >= 11 is 0. The molecule has 1 unspecified atom stereocenters. The Morgan fingerprint density at radius 3 is 2.82 bits per heavy atom. The number of piperidine rings is 1. The molecule has 0 radical (unpaired) electrons. The van der Waals surface area contributed by atoms with Gasteiger partial charge in [0, 0.05) is 19.6 Å². The van der Waals surface area contributed by atoms with Crippen molar-refractivity contribution in [2.45, 2.75) is 39.0 Å². The van der Waals surface area contributed by atoms with E-state index in [1.54, 1.807) is 0 Å². The van der Waals surface area contributed by atoms with Gasteiger partial charge in [0.1, 0.15) is 6.23 Å². The highest BCUT2D eigenvalue weighted by molar-refractivity contribution is 5.77. The van der Waals surface area contributed by atoms with E-state index in [4.69, 9.17) is 4.74 Å². The van der Waals surface area contributed by atoms with Crippen LogP contribution >= 0.6 is 0 Å². The number of nitrogens with zero attached hydrogens (tertiary/aromatic N) is 1. The van der Waals surface area contributed by atoms with Gasteiger partial charge in [0.15, 0.2) is 0 Å². The smallest absolute Gasteiger partial charge is 0.224 e. The molecule has 2 rings (SSSR count). The lowest BCUT2D eigenvalue weighted by atomic mass is 10.1. The first-order valence-corrected chi connectivity index (χ1v) is 6.26. The fourth-order valence-electron chi connectivity index (χ4n) is 2.22. The fourth-order valence-corrected chi connectivity index (χ4v) is 2.22. The van der Waals surface area contributed by atoms with Gasteiger partial charge in [-0.3, -0.25) is 4.79 Å². The normalized spacial score (nSPS) is 20.6. The summed E-state index contributed by atoms with van der Waals surface area (Å²) in [5.41, 5.74) is 1.16. The van der Waals surface area contributed by atoms with Crippen LogP contribution in [0.15, 0.2) is 30.3 Å². The van der Waals surface area contributed by atoms with E-state index in [0.29, 0.717) is 19.6 Å². The zero-order chi connectivity index (χ0) is 12.1. The highest BCUT2D eigenvalue weighted by Gasteiger charge is 2.28. The second kappa shape index (κ2) is 5.82. The number of likely N-dealkylation sites (tertiary alicyclic amines) is 1. The van der Waals surface area contributed by atoms with Crippen molar-refractivity contribution in [2.24, 2.45) is 0 Å². The van der Waals surface area contributed by atoms with Crippen molar-refractivity contribution in [3.8, 4) is 0 Å². The lowest BCUT2D eigenvalue weighted by Crippen LogP contribution is -2.44. The van der Waals surface area contributed by atoms with Crippen LogP contribution in [0.5, 0.6) is 0 Å². The minimum absolute atomic E-state index is 0.0403. The zero-order valence-electron chi connectivity index (χ0n) is 10.3. The van der Waals surface area contributed by atoms with Gasteiger partial charge in [-0.25, -0.2) is 0 Å². The number of rotatable bonds is 4. The summed E-state index contributed by atoms with van der Waals surface area (Å²) in [6.07, 6.45) is 2.50. The van der Waals surface area contributed by atoms with Gasteiger partial charge in [-0.15, -0.1) is 0 Å². The number of carbonyl (C=O) groups excluding carboxylic acids is 1. The van der Waals surface area contributed by atoms with Crippen molar-refractivity contribution in [1.82, 2.24) is 4.90 Å². The third-order valence-corrected chi connectivity index (χ3v) is 3.06. The van der Waals surface area contributed by atoms with Crippen LogP contribution in [-0.2, 0) is 16.1 Å². The molecule has 3 heteroatoms. The molecule has 0 bridgehead atoms. The van der Waals surface area contributed by atoms with Crippen molar-refractivity contribution < 1.29 is 9.53 Å². The highest BCUT2D eigenvalue weighted by atomic mass is 16.5. The van der Waals surface area contributed by atoms with Gasteiger partial charge in [-0.05, 0) is 25.3 Å². The SMILES string of the molecule is CCOC1CCCC(=O)N1Cc1ccccc1. The first-order valence-electron chi connectivity index (χ1n) is 6.26. The summed E-state index contributed by atoms with van der Waals surface area (Å²) in [5.74, 6) is 0.207. The molecule has 1 aliphatic heterocycles. The Balaban J connectivity index is 2.07. The van der Waals surface area contributed by atoms with Gasteiger partial charge < -0.3 is 9.64 Å². The lowest BCUT2D eigenvalue weighted by Gasteiger charge is -2.35. The summed E-state index contributed by atoms with van der Waals surface area (Å²) in [6.45, 7) is 3.29. The minimum atomic E-state index is -0.0403. The standard InChI is InChI=1S/C14H19NO2/c1-2-17-14-10-6-9-13(16)15(14)11-12-7-4-3-5-8-12/h3-5,7-8,14H,2,6,9-11H2,1H3. The Labute approximate surface area is 102 Å². The maximum atomic E-state index is 11.9. The van der Waals surface area contributed by atoms with Crippen molar-refractivity contribution in [2.75, 3.05) is 6.61 Å². The second-order valence-electron chi connectivity index (χ2n) is 4.31. The van der Waals surface area contributed by atoms with Crippen LogP contribution in [0.2, 0.25) is 0 Å². The zero-order valence-corrected chi connectivity index (χ0v) is 10.3. The van der Waals surface area contributed by atoms with Crippen LogP contribution in [0.1, 0.15) is 31.7 Å². The number of hydrogen-bond acceptors (Lipinski definition) is 2. The second-order valence-corrected chi connectivity index (χ2v) is 4.31. The summed E-state index contributed by atoms with van der Waals surface area (Å²) in [4.78, 5) is 13.8. The summed E-state index contributed by atoms with van der Waals surface area (Å²) < 4.78 is 5.64. The van der Waals surface area contributed by atoms with Crippen LogP contribution < -0.4 is 0 Å². The lowest BCUT2D eigenvalue weighted by molar-refractivity contribution is -0.154. The Hall–Kier alpha value is -1.35. The molecule has 1 amide bonds. The molecule has 3 nitrogen and oxygen atoms in total. The monoisotopic (exact) mass is 233 g/mol. The third-order valence-electron chi connectivity index (χ3n) is 3.06. The molecule has 92 valence electrons. The molecule has 1 fully saturated rings. The molecule has 0 saturated carbocycles. The highest BCUT2D eigenvalue weighted by Crippen LogP contribution is 2.21. The van der Waals surface area contributed by atoms with Crippen molar-refractivity contribution in [3.63, 3.8) is 0 Å². The van der Waals surface area contributed by atoms with Crippen LogP contribution in [-0.4, -0.2) is 23.6 Å². The molecule has 0 aromatic heterocycles. The summed E-state index contributed by atoms with van der Waals surface area (Å²) in [6, 6.07) is 10.1. The Kier molecular flexibility index (Phi) is 4.15. The number of carbonyl (C=O) groups is 1. The van der Waals surface area contributed by atoms with Crippen LogP contribution in [0.25, 0.3) is 0 Å². The minimum Gasteiger partial charge on any atom is -0.359 e. The van der Waals surface area contributed by atoms with Crippen molar-refractivity contribution in [1.29, 1.82) is 0 Å². The van der Waals surface area contributed by atoms with Gasteiger partial charge >= 0.3 is 0 Å². The Morgan fingerprint density at radius 1 is 1.35 bits per heavy atom. The Bertz CT molecular complexity index is 362. The van der Waals surface area contributed by atoms with Crippen molar-refractivity contribution >= 4 is 5.91 Å². The van der Waals surface area contributed by atoms with E-state index in [9.17, 15) is 4.79 Å². The van der Waals surface area contributed by atoms with Crippen LogP contribution in [0, 0.1) is 0 Å². The van der Waals surface area contributed by atoms with Gasteiger partial charge in [0.05, 0.1) is 0 Å². The topological polar surface area (TPSA) is 29.5 Å². The maximum Gasteiger partial charge on any atom is 0.224 e. The summed E-state index contributed by atoms with van der Waals surface area (Å²) in [7, 11) is 0. The molecular formula is C14H19NO2. The number of benzene rings is 1. The molecule has 17 heavy (non-hydrogen) atoms. The average molecular weight is 233 g/mol. The molecule has 0 aliphatic carbocycles.